The van der Waals surface area contributed by atoms with Crippen molar-refractivity contribution in [2.45, 2.75) is 6.42 Å². The van der Waals surface area contributed by atoms with Gasteiger partial charge in [0.05, 0.1) is 0 Å². The highest BCUT2D eigenvalue weighted by molar-refractivity contribution is 5.94. The first-order chi connectivity index (χ1) is 13.8. The van der Waals surface area contributed by atoms with Crippen molar-refractivity contribution in [2.24, 2.45) is 0 Å². The molecule has 0 atom stereocenters. The maximum atomic E-state index is 12.0. The molecule has 1 amide bonds. The van der Waals surface area contributed by atoms with E-state index in [-0.39, 0.29) is 18.3 Å². The van der Waals surface area contributed by atoms with Crippen LogP contribution in [0.15, 0.2) is 67.0 Å². The van der Waals surface area contributed by atoms with Crippen LogP contribution < -0.4 is 10.2 Å². The molecule has 6 heteroatoms. The van der Waals surface area contributed by atoms with Gasteiger partial charge in [-0.2, -0.15) is 0 Å². The van der Waals surface area contributed by atoms with Crippen LogP contribution in [-0.4, -0.2) is 55.1 Å². The molecular formula is C23H27ClN4O. The number of pyridine rings is 1. The van der Waals surface area contributed by atoms with Gasteiger partial charge in [-0.25, -0.2) is 0 Å². The summed E-state index contributed by atoms with van der Waals surface area (Å²) in [6.45, 7) is 5.91. The lowest BCUT2D eigenvalue weighted by Gasteiger charge is -2.36. The summed E-state index contributed by atoms with van der Waals surface area (Å²) in [5.41, 5.74) is 2.00. The fourth-order valence-corrected chi connectivity index (χ4v) is 3.81. The second-order valence-corrected chi connectivity index (χ2v) is 7.17. The van der Waals surface area contributed by atoms with Crippen molar-refractivity contribution in [2.75, 3.05) is 44.2 Å². The first-order valence-corrected chi connectivity index (χ1v) is 9.94. The van der Waals surface area contributed by atoms with Crippen molar-refractivity contribution in [1.29, 1.82) is 0 Å². The molecule has 3 aromatic rings. The molecule has 1 fully saturated rings. The monoisotopic (exact) mass is 410 g/mol. The van der Waals surface area contributed by atoms with Crippen LogP contribution in [0.25, 0.3) is 10.8 Å². The molecule has 0 radical (unpaired) electrons. The summed E-state index contributed by atoms with van der Waals surface area (Å²) in [6, 6.07) is 18.6. The molecule has 29 heavy (non-hydrogen) atoms. The number of piperazine rings is 1. The Kier molecular flexibility index (Phi) is 7.44. The maximum Gasteiger partial charge on any atom is 0.251 e. The van der Waals surface area contributed by atoms with Crippen LogP contribution in [0, 0.1) is 0 Å². The zero-order valence-electron chi connectivity index (χ0n) is 16.5. The smallest absolute Gasteiger partial charge is 0.251 e. The second kappa shape index (κ2) is 10.2. The van der Waals surface area contributed by atoms with Crippen molar-refractivity contribution >= 4 is 34.8 Å². The maximum absolute atomic E-state index is 12.0. The number of nitrogens with one attached hydrogen (secondary N) is 1. The predicted molar refractivity (Wildman–Crippen MR) is 121 cm³/mol. The minimum Gasteiger partial charge on any atom is -0.368 e. The second-order valence-electron chi connectivity index (χ2n) is 7.17. The highest BCUT2D eigenvalue weighted by Crippen LogP contribution is 2.27. The highest BCUT2D eigenvalue weighted by atomic mass is 35.5. The van der Waals surface area contributed by atoms with Crippen molar-refractivity contribution < 1.29 is 4.79 Å². The number of carbonyl (C=O) groups excluding carboxylic acids is 1. The lowest BCUT2D eigenvalue weighted by Crippen LogP contribution is -2.47. The average molecular weight is 411 g/mol. The van der Waals surface area contributed by atoms with Crippen LogP contribution in [0.3, 0.4) is 0 Å². The van der Waals surface area contributed by atoms with E-state index in [9.17, 15) is 4.79 Å². The van der Waals surface area contributed by atoms with Gasteiger partial charge in [0.2, 0.25) is 0 Å². The third-order valence-electron chi connectivity index (χ3n) is 5.36. The van der Waals surface area contributed by atoms with Crippen LogP contribution in [0.2, 0.25) is 0 Å². The van der Waals surface area contributed by atoms with E-state index < -0.39 is 0 Å². The lowest BCUT2D eigenvalue weighted by atomic mass is 10.1. The molecule has 0 aliphatic carbocycles. The number of rotatable bonds is 6. The number of hydrogen-bond acceptors (Lipinski definition) is 4. The first kappa shape index (κ1) is 21.1. The number of fused-ring (bicyclic) bond motifs is 1. The minimum absolute atomic E-state index is 0. The van der Waals surface area contributed by atoms with Crippen molar-refractivity contribution in [1.82, 2.24) is 15.2 Å². The summed E-state index contributed by atoms with van der Waals surface area (Å²) in [7, 11) is 0. The van der Waals surface area contributed by atoms with E-state index in [4.69, 9.17) is 0 Å². The molecule has 0 bridgehead atoms. The van der Waals surface area contributed by atoms with Gasteiger partial charge in [-0.15, -0.1) is 12.4 Å². The Bertz CT molecular complexity index is 921. The fourth-order valence-electron chi connectivity index (χ4n) is 3.81. The molecule has 2 aromatic carbocycles. The van der Waals surface area contributed by atoms with E-state index in [1.165, 1.54) is 16.5 Å². The zero-order valence-corrected chi connectivity index (χ0v) is 17.3. The van der Waals surface area contributed by atoms with E-state index in [1.807, 2.05) is 0 Å². The molecule has 4 rings (SSSR count). The SMILES string of the molecule is Cl.O=C(NCCCN1CCN(c2cccc3ccccc23)CC1)c1ccncc1. The third kappa shape index (κ3) is 5.25. The van der Waals surface area contributed by atoms with Gasteiger partial charge < -0.3 is 10.2 Å². The van der Waals surface area contributed by atoms with Gasteiger partial charge in [-0.1, -0.05) is 36.4 Å². The largest absolute Gasteiger partial charge is 0.368 e. The topological polar surface area (TPSA) is 48.5 Å². The standard InChI is InChI=1S/C23H26N4O.ClH/c28-23(20-9-12-24-13-10-20)25-11-4-14-26-15-17-27(18-16-26)22-8-3-6-19-5-1-2-7-21(19)22;/h1-3,5-10,12-13H,4,11,14-18H2,(H,25,28);1H. The molecule has 0 saturated carbocycles. The number of benzene rings is 2. The van der Waals surface area contributed by atoms with E-state index in [2.05, 4.69) is 62.6 Å². The van der Waals surface area contributed by atoms with Gasteiger partial charge in [0.15, 0.2) is 0 Å². The Morgan fingerprint density at radius 2 is 1.66 bits per heavy atom. The summed E-state index contributed by atoms with van der Waals surface area (Å²) < 4.78 is 0. The van der Waals surface area contributed by atoms with Crippen LogP contribution in [0.1, 0.15) is 16.8 Å². The molecule has 0 unspecified atom stereocenters. The number of anilines is 1. The summed E-state index contributed by atoms with van der Waals surface area (Å²) in [4.78, 5) is 21.0. The van der Waals surface area contributed by atoms with Gasteiger partial charge in [0, 0.05) is 61.8 Å². The quantitative estimate of drug-likeness (QED) is 0.631. The van der Waals surface area contributed by atoms with Gasteiger partial charge in [0.1, 0.15) is 0 Å². The number of nitrogens with zero attached hydrogens (tertiary/aromatic N) is 3. The highest BCUT2D eigenvalue weighted by Gasteiger charge is 2.18. The molecule has 152 valence electrons. The molecule has 1 aliphatic heterocycles. The Hall–Kier alpha value is -2.63. The first-order valence-electron chi connectivity index (χ1n) is 9.94. The fraction of sp³-hybridized carbons (Fsp3) is 0.304. The van der Waals surface area contributed by atoms with Crippen LogP contribution >= 0.6 is 12.4 Å². The van der Waals surface area contributed by atoms with Crippen molar-refractivity contribution in [3.63, 3.8) is 0 Å². The van der Waals surface area contributed by atoms with E-state index >= 15 is 0 Å². The third-order valence-corrected chi connectivity index (χ3v) is 5.36. The summed E-state index contributed by atoms with van der Waals surface area (Å²) in [6.07, 6.45) is 4.25. The molecule has 1 saturated heterocycles. The average Bonchev–Trinajstić information content (AvgIpc) is 2.77. The van der Waals surface area contributed by atoms with Crippen molar-refractivity contribution in [3.8, 4) is 0 Å². The van der Waals surface area contributed by atoms with E-state index in [0.29, 0.717) is 12.1 Å². The number of hydrogen-bond donors (Lipinski definition) is 1. The molecule has 0 spiro atoms. The Balaban J connectivity index is 0.00000240. The molecule has 1 N–H and O–H groups in total. The van der Waals surface area contributed by atoms with Crippen molar-refractivity contribution in [3.05, 3.63) is 72.6 Å². The molecule has 1 aromatic heterocycles. The van der Waals surface area contributed by atoms with Crippen LogP contribution in [-0.2, 0) is 0 Å². The Morgan fingerprint density at radius 3 is 2.45 bits per heavy atom. The van der Waals surface area contributed by atoms with E-state index in [0.717, 1.165) is 39.1 Å². The minimum atomic E-state index is -0.0248. The molecular weight excluding hydrogens is 384 g/mol. The van der Waals surface area contributed by atoms with Gasteiger partial charge >= 0.3 is 0 Å². The molecule has 1 aliphatic rings. The lowest BCUT2D eigenvalue weighted by molar-refractivity contribution is 0.0951. The van der Waals surface area contributed by atoms with Crippen LogP contribution in [0.5, 0.6) is 0 Å². The summed E-state index contributed by atoms with van der Waals surface area (Å²) >= 11 is 0. The molecule has 5 nitrogen and oxygen atoms in total. The summed E-state index contributed by atoms with van der Waals surface area (Å²) in [5, 5.41) is 5.62. The Morgan fingerprint density at radius 1 is 0.931 bits per heavy atom. The van der Waals surface area contributed by atoms with Gasteiger partial charge in [0.25, 0.3) is 5.91 Å². The zero-order chi connectivity index (χ0) is 19.2. The predicted octanol–water partition coefficient (Wildman–Crippen LogP) is 3.60. The number of aromatic nitrogens is 1. The van der Waals surface area contributed by atoms with Gasteiger partial charge in [-0.3, -0.25) is 14.7 Å². The normalized spacial score (nSPS) is 14.4. The summed E-state index contributed by atoms with van der Waals surface area (Å²) in [5.74, 6) is -0.0248. The van der Waals surface area contributed by atoms with Crippen LogP contribution in [0.4, 0.5) is 5.69 Å². The Labute approximate surface area is 178 Å². The van der Waals surface area contributed by atoms with E-state index in [1.54, 1.807) is 24.5 Å². The number of halogens is 1. The number of carbonyl (C=O) groups is 1. The number of amides is 1. The van der Waals surface area contributed by atoms with Gasteiger partial charge in [-0.05, 0) is 36.6 Å². The molecule has 2 heterocycles.